The molecule has 0 fully saturated rings. The third-order valence-electron chi connectivity index (χ3n) is 0.355. The molecule has 0 amide bonds. The fourth-order valence-electron chi connectivity index (χ4n) is 0.118. The highest BCUT2D eigenvalue weighted by Gasteiger charge is 1.93. The van der Waals surface area contributed by atoms with Crippen molar-refractivity contribution < 1.29 is 9.90 Å². The van der Waals surface area contributed by atoms with E-state index in [0.29, 0.717) is 5.08 Å². The van der Waals surface area contributed by atoms with Crippen LogP contribution in [0.4, 0.5) is 0 Å². The van der Waals surface area contributed by atoms with E-state index >= 15 is 0 Å². The first-order valence-corrected chi connectivity index (χ1v) is 3.30. The van der Waals surface area contributed by atoms with Crippen molar-refractivity contribution in [3.63, 3.8) is 0 Å². The summed E-state index contributed by atoms with van der Waals surface area (Å²) < 4.78 is 0. The summed E-state index contributed by atoms with van der Waals surface area (Å²) in [6.45, 7) is -0.384. The summed E-state index contributed by atoms with van der Waals surface area (Å²) in [7, 11) is 0. The highest BCUT2D eigenvalue weighted by molar-refractivity contribution is 8.20. The predicted molar refractivity (Wildman–Crippen MR) is 33.5 cm³/mol. The van der Waals surface area contributed by atoms with Crippen LogP contribution < -0.4 is 0 Å². The fourth-order valence-corrected chi connectivity index (χ4v) is 0.785. The molecule has 0 radical (unpaired) electrons. The quantitative estimate of drug-likeness (QED) is 0.420. The Balaban J connectivity index is 3.00. The smallest absolute Gasteiger partial charge is 0.215 e. The van der Waals surface area contributed by atoms with Gasteiger partial charge in [-0.3, -0.25) is 4.79 Å². The van der Waals surface area contributed by atoms with E-state index in [4.69, 9.17) is 5.11 Å². The molecule has 2 nitrogen and oxygen atoms in total. The minimum atomic E-state index is -0.384. The van der Waals surface area contributed by atoms with Crippen molar-refractivity contribution in [2.24, 2.45) is 0 Å². The topological polar surface area (TPSA) is 37.3 Å². The third-order valence-corrected chi connectivity index (χ3v) is 1.32. The van der Waals surface area contributed by atoms with Crippen molar-refractivity contribution in [3.05, 3.63) is 0 Å². The number of hydrogen-bond donors (Lipinski definition) is 2. The average Bonchev–Trinajstić information content (AvgIpc) is 1.68. The lowest BCUT2D eigenvalue weighted by molar-refractivity contribution is -0.113. The Kier molecular flexibility index (Phi) is 4.70. The number of aliphatic hydroxyl groups is 1. The number of hydrogen-bond acceptors (Lipinski definition) is 4. The van der Waals surface area contributed by atoms with E-state index in [1.807, 2.05) is 0 Å². The van der Waals surface area contributed by atoms with Crippen LogP contribution >= 0.6 is 24.4 Å². The molecule has 0 unspecified atom stereocenters. The number of thiol groups is 1. The molecule has 0 bridgehead atoms. The van der Waals surface area contributed by atoms with Crippen LogP contribution in [0.15, 0.2) is 0 Å². The van der Waals surface area contributed by atoms with Gasteiger partial charge in [0.25, 0.3) is 0 Å². The van der Waals surface area contributed by atoms with Crippen LogP contribution in [0.1, 0.15) is 0 Å². The predicted octanol–water partition coefficient (Wildman–Crippen LogP) is 0.126. The van der Waals surface area contributed by atoms with Crippen LogP contribution in [0.25, 0.3) is 0 Å². The Morgan fingerprint density at radius 1 is 1.86 bits per heavy atom. The van der Waals surface area contributed by atoms with Crippen LogP contribution in [-0.2, 0) is 4.79 Å². The van der Waals surface area contributed by atoms with Crippen LogP contribution in [-0.4, -0.2) is 21.9 Å². The molecular formula is C3H6O2S2. The van der Waals surface area contributed by atoms with Gasteiger partial charge in [-0.05, 0) is 0 Å². The van der Waals surface area contributed by atoms with Crippen LogP contribution in [0, 0.1) is 0 Å². The average molecular weight is 138 g/mol. The molecule has 4 heteroatoms. The molecule has 0 spiro atoms. The zero-order valence-electron chi connectivity index (χ0n) is 3.63. The maximum absolute atomic E-state index is 10.1. The first kappa shape index (κ1) is 7.33. The standard InChI is InChI=1S/C3H6O2S2/c4-1-3(5)7-2-6/h4,6H,1-2H2. The minimum Gasteiger partial charge on any atom is -0.388 e. The van der Waals surface area contributed by atoms with E-state index in [0.717, 1.165) is 11.8 Å². The molecule has 0 aromatic rings. The molecule has 0 saturated carbocycles. The Bertz CT molecular complexity index is 64.0. The molecule has 1 N–H and O–H groups in total. The summed E-state index contributed by atoms with van der Waals surface area (Å²) in [4.78, 5) is 10.1. The van der Waals surface area contributed by atoms with E-state index in [1.54, 1.807) is 0 Å². The van der Waals surface area contributed by atoms with E-state index < -0.39 is 0 Å². The van der Waals surface area contributed by atoms with Crippen molar-refractivity contribution in [2.45, 2.75) is 0 Å². The molecule has 7 heavy (non-hydrogen) atoms. The van der Waals surface area contributed by atoms with E-state index in [1.165, 1.54) is 0 Å². The van der Waals surface area contributed by atoms with E-state index in [2.05, 4.69) is 12.6 Å². The highest BCUT2D eigenvalue weighted by atomic mass is 32.2. The number of rotatable bonds is 2. The van der Waals surface area contributed by atoms with Crippen LogP contribution in [0.5, 0.6) is 0 Å². The number of aliphatic hydroxyl groups excluding tert-OH is 1. The van der Waals surface area contributed by atoms with Gasteiger partial charge < -0.3 is 5.11 Å². The summed E-state index contributed by atoms with van der Waals surface area (Å²) >= 11 is 4.75. The lowest BCUT2D eigenvalue weighted by atomic mass is 10.8. The van der Waals surface area contributed by atoms with Gasteiger partial charge in [0.2, 0.25) is 5.12 Å². The van der Waals surface area contributed by atoms with Crippen molar-refractivity contribution in [1.29, 1.82) is 0 Å². The molecule has 0 heterocycles. The first-order chi connectivity index (χ1) is 3.31. The van der Waals surface area contributed by atoms with Gasteiger partial charge in [-0.1, -0.05) is 11.8 Å². The van der Waals surface area contributed by atoms with E-state index in [-0.39, 0.29) is 11.7 Å². The summed E-state index contributed by atoms with van der Waals surface area (Å²) in [5.41, 5.74) is 0. The highest BCUT2D eigenvalue weighted by Crippen LogP contribution is 2.01. The molecule has 0 saturated heterocycles. The molecule has 0 aromatic carbocycles. The monoisotopic (exact) mass is 138 g/mol. The first-order valence-electron chi connectivity index (χ1n) is 1.68. The second-order valence-corrected chi connectivity index (χ2v) is 2.58. The largest absolute Gasteiger partial charge is 0.388 e. The van der Waals surface area contributed by atoms with Crippen molar-refractivity contribution in [1.82, 2.24) is 0 Å². The molecule has 0 aliphatic rings. The van der Waals surface area contributed by atoms with Gasteiger partial charge in [0.1, 0.15) is 6.61 Å². The minimum absolute atomic E-state index is 0.227. The van der Waals surface area contributed by atoms with Crippen molar-refractivity contribution >= 4 is 29.5 Å². The van der Waals surface area contributed by atoms with Crippen LogP contribution in [0.3, 0.4) is 0 Å². The van der Waals surface area contributed by atoms with Gasteiger partial charge in [0, 0.05) is 5.08 Å². The molecule has 0 aromatic heterocycles. The summed E-state index contributed by atoms with van der Waals surface area (Å²) in [5.74, 6) is 0. The van der Waals surface area contributed by atoms with Gasteiger partial charge in [0.05, 0.1) is 0 Å². The molecule has 42 valence electrons. The molecule has 0 aliphatic carbocycles. The molecule has 0 rings (SSSR count). The Hall–Kier alpha value is 0.330. The summed E-state index contributed by atoms with van der Waals surface area (Å²) in [6, 6.07) is 0. The Morgan fingerprint density at radius 2 is 2.43 bits per heavy atom. The molecule has 0 atom stereocenters. The van der Waals surface area contributed by atoms with Gasteiger partial charge in [0.15, 0.2) is 0 Å². The van der Waals surface area contributed by atoms with Gasteiger partial charge >= 0.3 is 0 Å². The van der Waals surface area contributed by atoms with Crippen LogP contribution in [0.2, 0.25) is 0 Å². The molecular weight excluding hydrogens is 132 g/mol. The summed E-state index contributed by atoms with van der Waals surface area (Å²) in [5, 5.41) is 8.28. The maximum atomic E-state index is 10.1. The summed E-state index contributed by atoms with van der Waals surface area (Å²) in [6.07, 6.45) is 0. The maximum Gasteiger partial charge on any atom is 0.215 e. The zero-order valence-corrected chi connectivity index (χ0v) is 5.34. The fraction of sp³-hybridized carbons (Fsp3) is 0.667. The van der Waals surface area contributed by atoms with E-state index in [9.17, 15) is 4.79 Å². The molecule has 0 aliphatic heterocycles. The van der Waals surface area contributed by atoms with Gasteiger partial charge in [-0.25, -0.2) is 0 Å². The second kappa shape index (κ2) is 4.49. The lowest BCUT2D eigenvalue weighted by Crippen LogP contribution is -1.96. The zero-order chi connectivity index (χ0) is 5.70. The normalized spacial score (nSPS) is 8.86. The van der Waals surface area contributed by atoms with Crippen molar-refractivity contribution in [2.75, 3.05) is 11.7 Å². The number of carbonyl (C=O) groups is 1. The van der Waals surface area contributed by atoms with Gasteiger partial charge in [-0.15, -0.1) is 0 Å². The Labute approximate surface area is 51.7 Å². The number of thioether (sulfide) groups is 1. The van der Waals surface area contributed by atoms with Gasteiger partial charge in [-0.2, -0.15) is 12.6 Å². The Morgan fingerprint density at radius 3 is 2.57 bits per heavy atom. The second-order valence-electron chi connectivity index (χ2n) is 0.804. The lowest BCUT2D eigenvalue weighted by Gasteiger charge is -1.86. The SMILES string of the molecule is O=C(CO)SCS. The van der Waals surface area contributed by atoms with Crippen molar-refractivity contribution in [3.8, 4) is 0 Å². The third kappa shape index (κ3) is 4.18. The number of carbonyl (C=O) groups excluding carboxylic acids is 1.